The number of thiophene rings is 1. The monoisotopic (exact) mass is 502 g/mol. The summed E-state index contributed by atoms with van der Waals surface area (Å²) in [5.41, 5.74) is 3.81. The Balaban J connectivity index is 0.00000261. The van der Waals surface area contributed by atoms with Crippen LogP contribution in [-0.2, 0) is 19.5 Å². The van der Waals surface area contributed by atoms with E-state index in [0.29, 0.717) is 0 Å². The molecule has 0 radical (unpaired) electrons. The van der Waals surface area contributed by atoms with Gasteiger partial charge in [0, 0.05) is 56.9 Å². The molecule has 0 atom stereocenters. The van der Waals surface area contributed by atoms with Crippen molar-refractivity contribution in [1.82, 2.24) is 25.3 Å². The van der Waals surface area contributed by atoms with Crippen molar-refractivity contribution >= 4 is 41.3 Å². The highest BCUT2D eigenvalue weighted by Crippen LogP contribution is 2.23. The van der Waals surface area contributed by atoms with Crippen molar-refractivity contribution in [2.24, 2.45) is 4.99 Å². The van der Waals surface area contributed by atoms with Crippen LogP contribution in [0.4, 0.5) is 0 Å². The van der Waals surface area contributed by atoms with Crippen molar-refractivity contribution in [3.63, 3.8) is 0 Å². The highest BCUT2D eigenvalue weighted by molar-refractivity contribution is 14.0. The summed E-state index contributed by atoms with van der Waals surface area (Å²) >= 11 is 1.89. The van der Waals surface area contributed by atoms with Crippen LogP contribution in [0.15, 0.2) is 22.5 Å². The Bertz CT molecular complexity index is 738. The zero-order chi connectivity index (χ0) is 18.4. The minimum atomic E-state index is 0. The summed E-state index contributed by atoms with van der Waals surface area (Å²) in [6.45, 7) is 10.2. The third-order valence-corrected chi connectivity index (χ3v) is 5.80. The van der Waals surface area contributed by atoms with E-state index < -0.39 is 0 Å². The lowest BCUT2D eigenvalue weighted by atomic mass is 10.1. The topological polar surface area (TPSA) is 57.5 Å². The summed E-state index contributed by atoms with van der Waals surface area (Å²) in [4.78, 5) is 8.40. The summed E-state index contributed by atoms with van der Waals surface area (Å²) in [6, 6.07) is 4.39. The molecule has 3 heterocycles. The predicted molar refractivity (Wildman–Crippen MR) is 124 cm³/mol. The van der Waals surface area contributed by atoms with Crippen LogP contribution in [0, 0.1) is 13.8 Å². The fraction of sp³-hybridized carbons (Fsp3) is 0.579. The van der Waals surface area contributed by atoms with E-state index in [1.165, 1.54) is 17.7 Å². The van der Waals surface area contributed by atoms with Crippen LogP contribution < -0.4 is 10.6 Å². The lowest BCUT2D eigenvalue weighted by Crippen LogP contribution is -2.42. The number of hydrogen-bond donors (Lipinski definition) is 2. The SMILES string of the molecule is CN=C(NCCCn1nc(C)cc1C)NCCN1CCc2sccc2C1.I. The van der Waals surface area contributed by atoms with Crippen molar-refractivity contribution in [3.8, 4) is 0 Å². The second-order valence-corrected chi connectivity index (χ2v) is 7.83. The van der Waals surface area contributed by atoms with E-state index in [9.17, 15) is 0 Å². The highest BCUT2D eigenvalue weighted by atomic mass is 127. The molecule has 3 rings (SSSR count). The molecule has 0 amide bonds. The number of guanidine groups is 1. The number of aliphatic imine (C=N–C) groups is 1. The average Bonchev–Trinajstić information content (AvgIpc) is 3.22. The lowest BCUT2D eigenvalue weighted by Gasteiger charge is -2.27. The number of hydrogen-bond acceptors (Lipinski definition) is 4. The fourth-order valence-electron chi connectivity index (χ4n) is 3.39. The van der Waals surface area contributed by atoms with Crippen molar-refractivity contribution in [2.75, 3.05) is 33.2 Å². The van der Waals surface area contributed by atoms with Crippen molar-refractivity contribution in [1.29, 1.82) is 0 Å². The maximum absolute atomic E-state index is 4.50. The molecular formula is C19H31IN6S. The van der Waals surface area contributed by atoms with E-state index >= 15 is 0 Å². The molecule has 0 unspecified atom stereocenters. The number of nitrogens with one attached hydrogen (secondary N) is 2. The molecule has 8 heteroatoms. The summed E-state index contributed by atoms with van der Waals surface area (Å²) in [5.74, 6) is 0.881. The Kier molecular flexibility index (Phi) is 9.04. The van der Waals surface area contributed by atoms with Crippen LogP contribution in [0.2, 0.25) is 0 Å². The van der Waals surface area contributed by atoms with Gasteiger partial charge in [-0.25, -0.2) is 0 Å². The maximum atomic E-state index is 4.50. The second-order valence-electron chi connectivity index (χ2n) is 6.82. The lowest BCUT2D eigenvalue weighted by molar-refractivity contribution is 0.260. The van der Waals surface area contributed by atoms with Gasteiger partial charge in [0.25, 0.3) is 0 Å². The van der Waals surface area contributed by atoms with Crippen LogP contribution >= 0.6 is 35.3 Å². The average molecular weight is 502 g/mol. The summed E-state index contributed by atoms with van der Waals surface area (Å²) < 4.78 is 2.07. The van der Waals surface area contributed by atoms with Crippen LogP contribution in [0.25, 0.3) is 0 Å². The van der Waals surface area contributed by atoms with Crippen molar-refractivity contribution in [3.05, 3.63) is 39.3 Å². The standard InChI is InChI=1S/C19H30N6S.HI/c1-15-13-16(2)25(23-15)9-4-7-21-19(20-3)22-8-11-24-10-5-18-17(14-24)6-12-26-18;/h6,12-13H,4-5,7-11,14H2,1-3H3,(H2,20,21,22);1H. The molecule has 0 bridgehead atoms. The normalized spacial score (nSPS) is 14.6. The summed E-state index contributed by atoms with van der Waals surface area (Å²) in [5, 5.41) is 13.5. The van der Waals surface area contributed by atoms with Gasteiger partial charge in [0.15, 0.2) is 5.96 Å². The van der Waals surface area contributed by atoms with Gasteiger partial charge in [-0.15, -0.1) is 35.3 Å². The van der Waals surface area contributed by atoms with Crippen LogP contribution in [0.5, 0.6) is 0 Å². The zero-order valence-corrected chi connectivity index (χ0v) is 19.6. The molecule has 0 saturated heterocycles. The molecule has 0 aromatic carbocycles. The predicted octanol–water partition coefficient (Wildman–Crippen LogP) is 2.79. The summed E-state index contributed by atoms with van der Waals surface area (Å²) in [6.07, 6.45) is 2.21. The number of aryl methyl sites for hydroxylation is 3. The zero-order valence-electron chi connectivity index (χ0n) is 16.5. The Morgan fingerprint density at radius 3 is 2.81 bits per heavy atom. The molecule has 1 aliphatic heterocycles. The summed E-state index contributed by atoms with van der Waals surface area (Å²) in [7, 11) is 1.83. The first-order valence-electron chi connectivity index (χ1n) is 9.39. The Morgan fingerprint density at radius 2 is 2.07 bits per heavy atom. The van der Waals surface area contributed by atoms with E-state index in [1.807, 2.05) is 25.3 Å². The molecule has 0 saturated carbocycles. The van der Waals surface area contributed by atoms with Gasteiger partial charge in [-0.1, -0.05) is 0 Å². The molecule has 2 aromatic rings. The van der Waals surface area contributed by atoms with Gasteiger partial charge in [-0.2, -0.15) is 5.10 Å². The van der Waals surface area contributed by atoms with Gasteiger partial charge < -0.3 is 10.6 Å². The Labute approximate surface area is 183 Å². The van der Waals surface area contributed by atoms with Crippen molar-refractivity contribution < 1.29 is 0 Å². The smallest absolute Gasteiger partial charge is 0.191 e. The minimum Gasteiger partial charge on any atom is -0.356 e. The largest absolute Gasteiger partial charge is 0.356 e. The Hall–Kier alpha value is -1.13. The van der Waals surface area contributed by atoms with Gasteiger partial charge in [-0.3, -0.25) is 14.6 Å². The first kappa shape index (κ1) is 22.2. The quantitative estimate of drug-likeness (QED) is 0.265. The van der Waals surface area contributed by atoms with E-state index in [-0.39, 0.29) is 24.0 Å². The second kappa shape index (κ2) is 11.0. The van der Waals surface area contributed by atoms with Gasteiger partial charge in [0.2, 0.25) is 0 Å². The first-order chi connectivity index (χ1) is 12.7. The van der Waals surface area contributed by atoms with E-state index in [0.717, 1.165) is 57.3 Å². The number of fused-ring (bicyclic) bond motifs is 1. The van der Waals surface area contributed by atoms with Crippen LogP contribution in [-0.4, -0.2) is 53.9 Å². The molecule has 1 aliphatic rings. The van der Waals surface area contributed by atoms with Gasteiger partial charge >= 0.3 is 0 Å². The van der Waals surface area contributed by atoms with E-state index in [1.54, 1.807) is 4.88 Å². The maximum Gasteiger partial charge on any atom is 0.191 e. The molecule has 0 aliphatic carbocycles. The van der Waals surface area contributed by atoms with Gasteiger partial charge in [0.05, 0.1) is 5.69 Å². The molecule has 2 N–H and O–H groups in total. The molecule has 27 heavy (non-hydrogen) atoms. The number of nitrogens with zero attached hydrogens (tertiary/aromatic N) is 4. The Morgan fingerprint density at radius 1 is 1.26 bits per heavy atom. The van der Waals surface area contributed by atoms with Gasteiger partial charge in [-0.05, 0) is 49.8 Å². The molecule has 2 aromatic heterocycles. The molecule has 150 valence electrons. The third-order valence-electron chi connectivity index (χ3n) is 4.77. The van der Waals surface area contributed by atoms with Gasteiger partial charge in [0.1, 0.15) is 0 Å². The fourth-order valence-corrected chi connectivity index (χ4v) is 4.28. The highest BCUT2D eigenvalue weighted by Gasteiger charge is 2.16. The van der Waals surface area contributed by atoms with E-state index in [4.69, 9.17) is 0 Å². The van der Waals surface area contributed by atoms with Crippen LogP contribution in [0.1, 0.15) is 28.2 Å². The van der Waals surface area contributed by atoms with Crippen molar-refractivity contribution in [2.45, 2.75) is 39.8 Å². The number of rotatable bonds is 7. The first-order valence-corrected chi connectivity index (χ1v) is 10.3. The molecule has 6 nitrogen and oxygen atoms in total. The third kappa shape index (κ3) is 6.46. The number of halogens is 1. The number of aromatic nitrogens is 2. The van der Waals surface area contributed by atoms with E-state index in [2.05, 4.69) is 54.7 Å². The molecular weight excluding hydrogens is 471 g/mol. The minimum absolute atomic E-state index is 0. The molecule has 0 spiro atoms. The molecule has 0 fully saturated rings. The van der Waals surface area contributed by atoms with Crippen LogP contribution in [0.3, 0.4) is 0 Å².